The minimum atomic E-state index is 0.199. The lowest BCUT2D eigenvalue weighted by molar-refractivity contribution is 1.57. The highest BCUT2D eigenvalue weighted by molar-refractivity contribution is 6.43. The number of allylic oxidation sites excluding steroid dienone is 2. The average Bonchev–Trinajstić information content (AvgIpc) is 1.65. The Morgan fingerprint density at radius 3 is 2.17 bits per heavy atom. The lowest BCUT2D eigenvalue weighted by Crippen LogP contribution is -1.80. The molecule has 0 fully saturated rings. The van der Waals surface area contributed by atoms with Crippen LogP contribution in [0.25, 0.3) is 0 Å². The third-order valence-corrected chi connectivity index (χ3v) is 2.57. The van der Waals surface area contributed by atoms with Gasteiger partial charge in [-0.2, -0.15) is 0 Å². The molecule has 0 aliphatic rings. The zero-order valence-corrected chi connectivity index (χ0v) is 6.20. The maximum Gasteiger partial charge on any atom is 0.0457 e. The van der Waals surface area contributed by atoms with Gasteiger partial charge in [0, 0.05) is 9.52 Å². The van der Waals surface area contributed by atoms with Gasteiger partial charge < -0.3 is 0 Å². The summed E-state index contributed by atoms with van der Waals surface area (Å²) in [6.07, 6.45) is 2.20. The molecule has 0 atom stereocenters. The van der Waals surface area contributed by atoms with Gasteiger partial charge in [0.05, 0.1) is 0 Å². The monoisotopic (exact) mass is 100 g/mol. The molecule has 0 N–H and O–H groups in total. The molecule has 0 aromatic carbocycles. The summed E-state index contributed by atoms with van der Waals surface area (Å²) in [5, 5.41) is 1.61. The standard InChI is InChI=1S/C5H12Si/c1-4-5(2)6-3/h4H,6H2,1-3H3. The Bertz CT molecular complexity index is 55.0. The second-order valence-electron chi connectivity index (χ2n) is 1.49. The van der Waals surface area contributed by atoms with E-state index in [4.69, 9.17) is 0 Å². The molecule has 0 heterocycles. The molecule has 0 spiro atoms. The zero-order valence-electron chi connectivity index (χ0n) is 4.78. The third kappa shape index (κ3) is 2.21. The molecular formula is C5H12Si. The first-order valence-corrected chi connectivity index (χ1v) is 4.55. The lowest BCUT2D eigenvalue weighted by atomic mass is 10.6. The highest BCUT2D eigenvalue weighted by Gasteiger charge is 1.74. The van der Waals surface area contributed by atoms with Crippen molar-refractivity contribution >= 4 is 9.52 Å². The first-order valence-electron chi connectivity index (χ1n) is 2.43. The molecule has 0 radical (unpaired) electrons. The van der Waals surface area contributed by atoms with Gasteiger partial charge in [0.25, 0.3) is 0 Å². The Labute approximate surface area is 42.1 Å². The molecule has 0 amide bonds. The first kappa shape index (κ1) is 5.96. The predicted molar refractivity (Wildman–Crippen MR) is 33.8 cm³/mol. The summed E-state index contributed by atoms with van der Waals surface area (Å²) < 4.78 is 0. The Kier molecular flexibility index (Phi) is 3.14. The minimum Gasteiger partial charge on any atom is -0.0954 e. The van der Waals surface area contributed by atoms with Crippen LogP contribution in [0.15, 0.2) is 11.3 Å². The molecule has 0 aliphatic carbocycles. The fourth-order valence-corrected chi connectivity index (χ4v) is 0.612. The van der Waals surface area contributed by atoms with E-state index >= 15 is 0 Å². The summed E-state index contributed by atoms with van der Waals surface area (Å²) in [6.45, 7) is 6.60. The number of hydrogen-bond acceptors (Lipinski definition) is 0. The molecule has 0 aliphatic heterocycles. The lowest BCUT2D eigenvalue weighted by Gasteiger charge is -1.84. The van der Waals surface area contributed by atoms with Crippen molar-refractivity contribution in [2.45, 2.75) is 20.4 Å². The summed E-state index contributed by atoms with van der Waals surface area (Å²) in [5.74, 6) is 0. The van der Waals surface area contributed by atoms with E-state index < -0.39 is 0 Å². The SMILES string of the molecule is CC=C(C)[SiH2]C. The van der Waals surface area contributed by atoms with Gasteiger partial charge in [-0.15, -0.1) is 0 Å². The Morgan fingerprint density at radius 2 is 2.17 bits per heavy atom. The van der Waals surface area contributed by atoms with Crippen LogP contribution in [0.4, 0.5) is 0 Å². The van der Waals surface area contributed by atoms with Crippen LogP contribution < -0.4 is 0 Å². The van der Waals surface area contributed by atoms with E-state index in [9.17, 15) is 0 Å². The van der Waals surface area contributed by atoms with Gasteiger partial charge in [-0.3, -0.25) is 0 Å². The van der Waals surface area contributed by atoms with Crippen LogP contribution in [-0.2, 0) is 0 Å². The van der Waals surface area contributed by atoms with Gasteiger partial charge in [0.1, 0.15) is 0 Å². The molecule has 36 valence electrons. The van der Waals surface area contributed by atoms with E-state index in [-0.39, 0.29) is 9.52 Å². The van der Waals surface area contributed by atoms with Crippen LogP contribution in [0.5, 0.6) is 0 Å². The van der Waals surface area contributed by atoms with Gasteiger partial charge in [-0.1, -0.05) is 17.8 Å². The second-order valence-corrected chi connectivity index (χ2v) is 3.31. The normalized spacial score (nSPS) is 14.2. The van der Waals surface area contributed by atoms with Crippen LogP contribution >= 0.6 is 0 Å². The number of rotatable bonds is 1. The second kappa shape index (κ2) is 3.16. The van der Waals surface area contributed by atoms with Crippen LogP contribution in [0, 0.1) is 0 Å². The highest BCUT2D eigenvalue weighted by atomic mass is 28.2. The largest absolute Gasteiger partial charge is 0.0954 e. The Balaban J connectivity index is 3.22. The highest BCUT2D eigenvalue weighted by Crippen LogP contribution is 1.84. The molecule has 0 nitrogen and oxygen atoms in total. The molecule has 0 aromatic rings. The van der Waals surface area contributed by atoms with E-state index in [0.29, 0.717) is 0 Å². The molecule has 0 unspecified atom stereocenters. The molecule has 0 saturated carbocycles. The van der Waals surface area contributed by atoms with Crippen LogP contribution in [0.1, 0.15) is 13.8 Å². The van der Waals surface area contributed by atoms with Gasteiger partial charge >= 0.3 is 0 Å². The molecule has 6 heavy (non-hydrogen) atoms. The number of hydrogen-bond donors (Lipinski definition) is 0. The van der Waals surface area contributed by atoms with Gasteiger partial charge in [0.15, 0.2) is 0 Å². The van der Waals surface area contributed by atoms with E-state index in [0.717, 1.165) is 0 Å². The predicted octanol–water partition coefficient (Wildman–Crippen LogP) is 1.13. The zero-order chi connectivity index (χ0) is 4.99. The van der Waals surface area contributed by atoms with Crippen molar-refractivity contribution < 1.29 is 0 Å². The Morgan fingerprint density at radius 1 is 1.67 bits per heavy atom. The van der Waals surface area contributed by atoms with Crippen LogP contribution in [-0.4, -0.2) is 9.52 Å². The van der Waals surface area contributed by atoms with Crippen molar-refractivity contribution in [3.8, 4) is 0 Å². The minimum absolute atomic E-state index is 0.199. The van der Waals surface area contributed by atoms with Crippen molar-refractivity contribution in [2.24, 2.45) is 0 Å². The van der Waals surface area contributed by atoms with Crippen molar-refractivity contribution in [1.82, 2.24) is 0 Å². The maximum absolute atomic E-state index is 2.30. The summed E-state index contributed by atoms with van der Waals surface area (Å²) >= 11 is 0. The smallest absolute Gasteiger partial charge is 0.0457 e. The maximum atomic E-state index is 2.30. The quantitative estimate of drug-likeness (QED) is 0.433. The van der Waals surface area contributed by atoms with E-state index in [2.05, 4.69) is 26.5 Å². The molecular weight excluding hydrogens is 88.1 g/mol. The van der Waals surface area contributed by atoms with Crippen LogP contribution in [0.2, 0.25) is 6.55 Å². The molecule has 1 heteroatoms. The topological polar surface area (TPSA) is 0 Å². The van der Waals surface area contributed by atoms with Crippen LogP contribution in [0.3, 0.4) is 0 Å². The van der Waals surface area contributed by atoms with Gasteiger partial charge in [0.2, 0.25) is 0 Å². The van der Waals surface area contributed by atoms with Gasteiger partial charge in [-0.25, -0.2) is 0 Å². The molecule has 0 rings (SSSR count). The average molecular weight is 100 g/mol. The fraction of sp³-hybridized carbons (Fsp3) is 0.600. The summed E-state index contributed by atoms with van der Waals surface area (Å²) in [7, 11) is 0.199. The van der Waals surface area contributed by atoms with Crippen molar-refractivity contribution in [1.29, 1.82) is 0 Å². The molecule has 0 saturated heterocycles. The third-order valence-electron chi connectivity index (χ3n) is 1.05. The van der Waals surface area contributed by atoms with Crippen molar-refractivity contribution in [3.63, 3.8) is 0 Å². The van der Waals surface area contributed by atoms with Gasteiger partial charge in [-0.05, 0) is 13.8 Å². The van der Waals surface area contributed by atoms with Crippen molar-refractivity contribution in [3.05, 3.63) is 11.3 Å². The van der Waals surface area contributed by atoms with Crippen molar-refractivity contribution in [2.75, 3.05) is 0 Å². The van der Waals surface area contributed by atoms with E-state index in [1.807, 2.05) is 0 Å². The summed E-state index contributed by atoms with van der Waals surface area (Å²) in [4.78, 5) is 0. The first-order chi connectivity index (χ1) is 2.81. The molecule has 0 aromatic heterocycles. The van der Waals surface area contributed by atoms with E-state index in [1.54, 1.807) is 5.20 Å². The summed E-state index contributed by atoms with van der Waals surface area (Å²) in [6, 6.07) is 0. The molecule has 0 bridgehead atoms. The fourth-order valence-electron chi connectivity index (χ4n) is 0.204. The Hall–Kier alpha value is -0.0431. The van der Waals surface area contributed by atoms with E-state index in [1.165, 1.54) is 0 Å². The summed E-state index contributed by atoms with van der Waals surface area (Å²) in [5.41, 5.74) is 0.